The van der Waals surface area contributed by atoms with E-state index in [1.807, 2.05) is 6.07 Å². The number of hydrogen-bond acceptors (Lipinski definition) is 4. The van der Waals surface area contributed by atoms with Crippen LogP contribution in [0.3, 0.4) is 0 Å². The van der Waals surface area contributed by atoms with Crippen molar-refractivity contribution >= 4 is 23.6 Å². The van der Waals surface area contributed by atoms with Crippen LogP contribution in [-0.4, -0.2) is 45.3 Å². The van der Waals surface area contributed by atoms with Crippen LogP contribution in [0.15, 0.2) is 22.8 Å². The molecule has 3 heterocycles. The Labute approximate surface area is 122 Å². The minimum Gasteiger partial charge on any atom is -0.467 e. The molecule has 2 saturated heterocycles. The van der Waals surface area contributed by atoms with Gasteiger partial charge in [-0.25, -0.2) is 0 Å². The normalized spacial score (nSPS) is 28.8. The van der Waals surface area contributed by atoms with Gasteiger partial charge in [0.15, 0.2) is 0 Å². The van der Waals surface area contributed by atoms with Crippen molar-refractivity contribution in [3.8, 4) is 0 Å². The summed E-state index contributed by atoms with van der Waals surface area (Å²) in [5.41, 5.74) is 0. The van der Waals surface area contributed by atoms with Gasteiger partial charge in [-0.05, 0) is 25.5 Å². The summed E-state index contributed by atoms with van der Waals surface area (Å²) in [6.45, 7) is 2.49. The predicted molar refractivity (Wildman–Crippen MR) is 75.9 cm³/mol. The van der Waals surface area contributed by atoms with Crippen LogP contribution >= 0.6 is 11.8 Å². The highest BCUT2D eigenvalue weighted by atomic mass is 32.2. The van der Waals surface area contributed by atoms with Crippen molar-refractivity contribution in [3.63, 3.8) is 0 Å². The Kier molecular flexibility index (Phi) is 3.28. The maximum atomic E-state index is 12.6. The number of hydrogen-bond donors (Lipinski definition) is 0. The van der Waals surface area contributed by atoms with Crippen LogP contribution in [0.4, 0.5) is 0 Å². The largest absolute Gasteiger partial charge is 0.467 e. The Bertz CT molecular complexity index is 531. The number of likely N-dealkylation sites (N-methyl/N-ethyl adjacent to an activating group) is 1. The molecular formula is C14H18N2O3S. The van der Waals surface area contributed by atoms with E-state index in [0.29, 0.717) is 18.7 Å². The summed E-state index contributed by atoms with van der Waals surface area (Å²) in [4.78, 5) is 27.9. The highest BCUT2D eigenvalue weighted by Crippen LogP contribution is 2.47. The molecule has 0 radical (unpaired) electrons. The van der Waals surface area contributed by atoms with Gasteiger partial charge in [0.2, 0.25) is 11.8 Å². The van der Waals surface area contributed by atoms with Crippen LogP contribution in [0.5, 0.6) is 0 Å². The Morgan fingerprint density at radius 1 is 1.65 bits per heavy atom. The monoisotopic (exact) mass is 294 g/mol. The van der Waals surface area contributed by atoms with Gasteiger partial charge in [0, 0.05) is 19.2 Å². The van der Waals surface area contributed by atoms with Crippen molar-refractivity contribution in [1.82, 2.24) is 9.80 Å². The molecule has 2 aliphatic rings. The van der Waals surface area contributed by atoms with E-state index in [0.717, 1.165) is 12.2 Å². The molecule has 0 bridgehead atoms. The molecule has 2 amide bonds. The van der Waals surface area contributed by atoms with E-state index >= 15 is 0 Å². The lowest BCUT2D eigenvalue weighted by molar-refractivity contribution is -0.143. The molecule has 108 valence electrons. The fourth-order valence-electron chi connectivity index (χ4n) is 2.97. The lowest BCUT2D eigenvalue weighted by Crippen LogP contribution is -2.50. The first-order chi connectivity index (χ1) is 9.51. The quantitative estimate of drug-likeness (QED) is 0.851. The molecule has 0 aliphatic carbocycles. The SMILES string of the molecule is CN(Cc1ccco1)C(=O)[C@H]1CS[C@]2(C)CCC(=O)N12. The first-order valence-corrected chi connectivity index (χ1v) is 7.73. The third kappa shape index (κ3) is 2.12. The maximum Gasteiger partial charge on any atom is 0.246 e. The second kappa shape index (κ2) is 4.84. The van der Waals surface area contributed by atoms with Crippen LogP contribution < -0.4 is 0 Å². The van der Waals surface area contributed by atoms with Crippen LogP contribution in [0.25, 0.3) is 0 Å². The van der Waals surface area contributed by atoms with Crippen molar-refractivity contribution in [3.05, 3.63) is 24.2 Å². The van der Waals surface area contributed by atoms with E-state index in [1.54, 1.807) is 40.9 Å². The molecule has 2 fully saturated rings. The highest BCUT2D eigenvalue weighted by molar-refractivity contribution is 8.01. The van der Waals surface area contributed by atoms with E-state index < -0.39 is 0 Å². The Morgan fingerprint density at radius 2 is 2.45 bits per heavy atom. The summed E-state index contributed by atoms with van der Waals surface area (Å²) >= 11 is 1.71. The average Bonchev–Trinajstić information content (AvgIpc) is 3.08. The molecule has 0 unspecified atom stereocenters. The van der Waals surface area contributed by atoms with Crippen molar-refractivity contribution in [1.29, 1.82) is 0 Å². The van der Waals surface area contributed by atoms with E-state index in [-0.39, 0.29) is 22.7 Å². The molecule has 5 nitrogen and oxygen atoms in total. The molecule has 0 spiro atoms. The molecule has 6 heteroatoms. The number of carbonyl (C=O) groups is 2. The Hall–Kier alpha value is -1.43. The molecule has 1 aromatic heterocycles. The second-order valence-corrected chi connectivity index (χ2v) is 7.04. The first kappa shape index (κ1) is 13.5. The van der Waals surface area contributed by atoms with E-state index in [4.69, 9.17) is 4.42 Å². The number of fused-ring (bicyclic) bond motifs is 1. The van der Waals surface area contributed by atoms with Crippen LogP contribution in [0.2, 0.25) is 0 Å². The zero-order chi connectivity index (χ0) is 14.3. The summed E-state index contributed by atoms with van der Waals surface area (Å²) in [6.07, 6.45) is 2.98. The van der Waals surface area contributed by atoms with Crippen molar-refractivity contribution < 1.29 is 14.0 Å². The van der Waals surface area contributed by atoms with Gasteiger partial charge in [-0.1, -0.05) is 0 Å². The minimum absolute atomic E-state index is 0.00660. The molecular weight excluding hydrogens is 276 g/mol. The van der Waals surface area contributed by atoms with E-state index in [2.05, 4.69) is 6.92 Å². The lowest BCUT2D eigenvalue weighted by atomic mass is 10.2. The number of thioether (sulfide) groups is 1. The summed E-state index contributed by atoms with van der Waals surface area (Å²) in [5, 5.41) is 0. The summed E-state index contributed by atoms with van der Waals surface area (Å²) in [7, 11) is 1.76. The fraction of sp³-hybridized carbons (Fsp3) is 0.571. The number of carbonyl (C=O) groups excluding carboxylic acids is 2. The summed E-state index contributed by atoms with van der Waals surface area (Å²) in [6, 6.07) is 3.32. The topological polar surface area (TPSA) is 53.8 Å². The van der Waals surface area contributed by atoms with E-state index in [9.17, 15) is 9.59 Å². The van der Waals surface area contributed by atoms with Gasteiger partial charge in [-0.2, -0.15) is 0 Å². The second-order valence-electron chi connectivity index (χ2n) is 5.54. The number of amides is 2. The average molecular weight is 294 g/mol. The Balaban J connectivity index is 1.72. The zero-order valence-electron chi connectivity index (χ0n) is 11.7. The number of furan rings is 1. The standard InChI is InChI=1S/C14H18N2O3S/c1-14-6-5-12(17)16(14)11(9-20-14)13(18)15(2)8-10-4-3-7-19-10/h3-4,7,11H,5-6,8-9H2,1-2H3/t11-,14-/m1/s1. The van der Waals surface area contributed by atoms with Gasteiger partial charge in [0.1, 0.15) is 11.8 Å². The van der Waals surface area contributed by atoms with Gasteiger partial charge in [0.25, 0.3) is 0 Å². The van der Waals surface area contributed by atoms with Crippen LogP contribution in [-0.2, 0) is 16.1 Å². The molecule has 3 rings (SSSR count). The molecule has 2 atom stereocenters. The molecule has 0 saturated carbocycles. The molecule has 0 N–H and O–H groups in total. The molecule has 2 aliphatic heterocycles. The minimum atomic E-state index is -0.333. The van der Waals surface area contributed by atoms with Gasteiger partial charge >= 0.3 is 0 Å². The van der Waals surface area contributed by atoms with Crippen molar-refractivity contribution in [2.45, 2.75) is 37.2 Å². The summed E-state index contributed by atoms with van der Waals surface area (Å²) < 4.78 is 5.26. The predicted octanol–water partition coefficient (Wildman–Crippen LogP) is 1.69. The first-order valence-electron chi connectivity index (χ1n) is 6.75. The maximum absolute atomic E-state index is 12.6. The van der Waals surface area contributed by atoms with Gasteiger partial charge in [-0.15, -0.1) is 11.8 Å². The smallest absolute Gasteiger partial charge is 0.246 e. The summed E-state index contributed by atoms with van der Waals surface area (Å²) in [5.74, 6) is 1.53. The zero-order valence-corrected chi connectivity index (χ0v) is 12.5. The molecule has 20 heavy (non-hydrogen) atoms. The van der Waals surface area contributed by atoms with Gasteiger partial charge in [0.05, 0.1) is 17.7 Å². The third-order valence-electron chi connectivity index (χ3n) is 4.08. The van der Waals surface area contributed by atoms with Crippen LogP contribution in [0.1, 0.15) is 25.5 Å². The number of rotatable bonds is 3. The lowest BCUT2D eigenvalue weighted by Gasteiger charge is -2.31. The van der Waals surface area contributed by atoms with Crippen LogP contribution in [0, 0.1) is 0 Å². The molecule has 0 aromatic carbocycles. The van der Waals surface area contributed by atoms with E-state index in [1.165, 1.54) is 0 Å². The van der Waals surface area contributed by atoms with Crippen molar-refractivity contribution in [2.24, 2.45) is 0 Å². The highest BCUT2D eigenvalue weighted by Gasteiger charge is 2.53. The Morgan fingerprint density at radius 3 is 3.15 bits per heavy atom. The fourth-order valence-corrected chi connectivity index (χ4v) is 4.40. The third-order valence-corrected chi connectivity index (χ3v) is 5.58. The van der Waals surface area contributed by atoms with Crippen molar-refractivity contribution in [2.75, 3.05) is 12.8 Å². The van der Waals surface area contributed by atoms with Gasteiger partial charge < -0.3 is 14.2 Å². The molecule has 1 aromatic rings. The van der Waals surface area contributed by atoms with Gasteiger partial charge in [-0.3, -0.25) is 9.59 Å². The number of nitrogens with zero attached hydrogens (tertiary/aromatic N) is 2.